The summed E-state index contributed by atoms with van der Waals surface area (Å²) in [5.74, 6) is -0.568. The van der Waals surface area contributed by atoms with Crippen molar-refractivity contribution in [1.29, 1.82) is 0 Å². The van der Waals surface area contributed by atoms with Crippen LogP contribution in [0.2, 0.25) is 5.02 Å². The van der Waals surface area contributed by atoms with Crippen LogP contribution in [-0.2, 0) is 13.1 Å². The second-order valence-corrected chi connectivity index (χ2v) is 8.26. The van der Waals surface area contributed by atoms with Crippen LogP contribution in [0.3, 0.4) is 0 Å². The lowest BCUT2D eigenvalue weighted by Gasteiger charge is -2.11. The predicted molar refractivity (Wildman–Crippen MR) is 133 cm³/mol. The molecule has 11 heteroatoms. The second kappa shape index (κ2) is 10.4. The number of carbonyl (C=O) groups is 1. The van der Waals surface area contributed by atoms with Crippen molar-refractivity contribution in [2.45, 2.75) is 26.9 Å². The number of hydrogen-bond donors (Lipinski definition) is 2. The minimum absolute atomic E-state index is 0.0912. The molecule has 0 bridgehead atoms. The van der Waals surface area contributed by atoms with Crippen molar-refractivity contribution in [3.05, 3.63) is 109 Å². The van der Waals surface area contributed by atoms with Crippen LogP contribution >= 0.6 is 11.6 Å². The van der Waals surface area contributed by atoms with E-state index in [0.717, 1.165) is 10.1 Å². The van der Waals surface area contributed by atoms with E-state index < -0.39 is 17.3 Å². The molecule has 0 amide bonds. The first-order valence-electron chi connectivity index (χ1n) is 11.0. The van der Waals surface area contributed by atoms with Crippen molar-refractivity contribution in [3.8, 4) is 11.6 Å². The fourth-order valence-electron chi connectivity index (χ4n) is 3.48. The average molecular weight is 508 g/mol. The number of rotatable bonds is 7. The lowest BCUT2D eigenvalue weighted by Crippen LogP contribution is -2.49. The number of carboxylic acid groups (broad SMARTS) is 1. The molecule has 184 valence electrons. The summed E-state index contributed by atoms with van der Waals surface area (Å²) in [4.78, 5) is 47.8. The Labute approximate surface area is 209 Å². The van der Waals surface area contributed by atoms with Crippen LogP contribution in [0.15, 0.2) is 75.2 Å². The second-order valence-electron chi connectivity index (χ2n) is 7.82. The van der Waals surface area contributed by atoms with Crippen molar-refractivity contribution in [3.63, 3.8) is 0 Å². The first-order chi connectivity index (χ1) is 17.2. The molecule has 0 saturated heterocycles. The van der Waals surface area contributed by atoms with Crippen LogP contribution in [0.4, 0.5) is 5.69 Å². The van der Waals surface area contributed by atoms with Gasteiger partial charge >= 0.3 is 17.3 Å². The van der Waals surface area contributed by atoms with Gasteiger partial charge in [0.05, 0.1) is 12.2 Å². The van der Waals surface area contributed by atoms with Crippen LogP contribution in [0.25, 0.3) is 0 Å². The number of ether oxygens (including phenoxy) is 1. The molecule has 0 fully saturated rings. The van der Waals surface area contributed by atoms with Crippen LogP contribution in [0, 0.1) is 6.92 Å². The van der Waals surface area contributed by atoms with E-state index in [1.807, 2.05) is 0 Å². The first-order valence-corrected chi connectivity index (χ1v) is 11.3. The van der Waals surface area contributed by atoms with Crippen molar-refractivity contribution < 1.29 is 14.6 Å². The quantitative estimate of drug-likeness (QED) is 0.393. The van der Waals surface area contributed by atoms with Gasteiger partial charge in [-0.1, -0.05) is 29.8 Å². The van der Waals surface area contributed by atoms with Crippen molar-refractivity contribution >= 4 is 23.3 Å². The van der Waals surface area contributed by atoms with E-state index in [1.165, 1.54) is 10.6 Å². The zero-order chi connectivity index (χ0) is 25.8. The van der Waals surface area contributed by atoms with Gasteiger partial charge in [-0.05, 0) is 61.4 Å². The third kappa shape index (κ3) is 5.44. The topological polar surface area (TPSA) is 132 Å². The molecule has 2 heterocycles. The minimum Gasteiger partial charge on any atom is -0.477 e. The molecular weight excluding hydrogens is 486 g/mol. The molecule has 2 aromatic carbocycles. The van der Waals surface area contributed by atoms with Gasteiger partial charge in [-0.15, -0.1) is 0 Å². The lowest BCUT2D eigenvalue weighted by molar-refractivity contribution is 0.0689. The lowest BCUT2D eigenvalue weighted by atomic mass is 10.2. The van der Waals surface area contributed by atoms with Gasteiger partial charge in [-0.3, -0.25) is 9.55 Å². The van der Waals surface area contributed by atoms with Gasteiger partial charge in [0.15, 0.2) is 5.69 Å². The van der Waals surface area contributed by atoms with E-state index in [9.17, 15) is 14.4 Å². The van der Waals surface area contributed by atoms with Gasteiger partial charge in [0.1, 0.15) is 5.75 Å². The van der Waals surface area contributed by atoms with E-state index in [4.69, 9.17) is 21.4 Å². The number of carboxylic acids is 1. The SMILES string of the molecule is CCn1c(=O)[nH]/c(=N\c2ccc(Oc3cccc(C(=O)O)n3)c(C)c2)n(Cc2ccc(Cl)cc2)c1=O. The van der Waals surface area contributed by atoms with Crippen LogP contribution < -0.4 is 21.7 Å². The summed E-state index contributed by atoms with van der Waals surface area (Å²) in [6, 6.07) is 16.5. The highest BCUT2D eigenvalue weighted by molar-refractivity contribution is 6.30. The standard InChI is InChI=1S/C25H22ClN5O5/c1-3-30-24(34)29-23(31(25(30)35)14-16-7-9-17(26)10-8-16)27-18-11-12-20(15(2)13-18)36-21-6-4-5-19(28-21)22(32)33/h4-13H,3,14H2,1-2H3,(H,32,33)(H,27,29,34). The summed E-state index contributed by atoms with van der Waals surface area (Å²) in [7, 11) is 0. The molecule has 2 aromatic heterocycles. The van der Waals surface area contributed by atoms with Gasteiger partial charge < -0.3 is 9.84 Å². The number of benzene rings is 2. The summed E-state index contributed by atoms with van der Waals surface area (Å²) < 4.78 is 8.22. The van der Waals surface area contributed by atoms with Crippen molar-refractivity contribution in [2.75, 3.05) is 0 Å². The third-order valence-corrected chi connectivity index (χ3v) is 5.55. The Morgan fingerprint density at radius 3 is 2.53 bits per heavy atom. The fraction of sp³-hybridized carbons (Fsp3) is 0.160. The maximum atomic E-state index is 13.1. The number of nitrogens with zero attached hydrogens (tertiary/aromatic N) is 4. The minimum atomic E-state index is -1.16. The molecule has 0 aliphatic rings. The highest BCUT2D eigenvalue weighted by atomic mass is 35.5. The maximum Gasteiger partial charge on any atom is 0.354 e. The summed E-state index contributed by atoms with van der Waals surface area (Å²) >= 11 is 5.97. The van der Waals surface area contributed by atoms with E-state index in [0.29, 0.717) is 22.0 Å². The normalized spacial score (nSPS) is 11.5. The highest BCUT2D eigenvalue weighted by Crippen LogP contribution is 2.27. The zero-order valence-electron chi connectivity index (χ0n) is 19.4. The van der Waals surface area contributed by atoms with Gasteiger partial charge in [0.25, 0.3) is 0 Å². The number of aromatic nitrogens is 4. The monoisotopic (exact) mass is 507 g/mol. The average Bonchev–Trinajstić information content (AvgIpc) is 2.85. The van der Waals surface area contributed by atoms with Gasteiger partial charge in [-0.25, -0.2) is 28.9 Å². The molecule has 2 N–H and O–H groups in total. The van der Waals surface area contributed by atoms with Crippen molar-refractivity contribution in [2.24, 2.45) is 4.99 Å². The summed E-state index contributed by atoms with van der Waals surface area (Å²) in [6.07, 6.45) is 0. The highest BCUT2D eigenvalue weighted by Gasteiger charge is 2.11. The molecule has 36 heavy (non-hydrogen) atoms. The number of H-pyrrole nitrogens is 1. The number of aryl methyl sites for hydroxylation is 1. The molecular formula is C25H22ClN5O5. The van der Waals surface area contributed by atoms with Gasteiger partial charge in [0, 0.05) is 17.6 Å². The molecule has 0 radical (unpaired) electrons. The molecule has 0 aliphatic carbocycles. The van der Waals surface area contributed by atoms with Gasteiger partial charge in [-0.2, -0.15) is 0 Å². The Hall–Kier alpha value is -4.44. The van der Waals surface area contributed by atoms with E-state index in [1.54, 1.807) is 68.4 Å². The maximum absolute atomic E-state index is 13.1. The Morgan fingerprint density at radius 1 is 1.11 bits per heavy atom. The summed E-state index contributed by atoms with van der Waals surface area (Å²) in [5, 5.41) is 9.69. The van der Waals surface area contributed by atoms with E-state index in [-0.39, 0.29) is 30.3 Å². The molecule has 0 aliphatic heterocycles. The summed E-state index contributed by atoms with van der Waals surface area (Å²) in [6.45, 7) is 3.88. The van der Waals surface area contributed by atoms with Gasteiger partial charge in [0.2, 0.25) is 11.5 Å². The molecule has 4 rings (SSSR count). The third-order valence-electron chi connectivity index (χ3n) is 5.30. The zero-order valence-corrected chi connectivity index (χ0v) is 20.2. The molecule has 0 atom stereocenters. The first kappa shape index (κ1) is 24.7. The number of nitrogens with one attached hydrogen (secondary N) is 1. The number of hydrogen-bond acceptors (Lipinski definition) is 6. The number of aromatic amines is 1. The molecule has 0 saturated carbocycles. The molecule has 0 spiro atoms. The molecule has 10 nitrogen and oxygen atoms in total. The number of pyridine rings is 1. The Morgan fingerprint density at radius 2 is 1.86 bits per heavy atom. The summed E-state index contributed by atoms with van der Waals surface area (Å²) in [5.41, 5.74) is 0.879. The van der Waals surface area contributed by atoms with Crippen LogP contribution in [0.1, 0.15) is 28.5 Å². The largest absolute Gasteiger partial charge is 0.477 e. The Balaban J connectivity index is 1.73. The molecule has 4 aromatic rings. The van der Waals surface area contributed by atoms with E-state index in [2.05, 4.69) is 15.0 Å². The fourth-order valence-corrected chi connectivity index (χ4v) is 3.61. The Bertz CT molecular complexity index is 1620. The van der Waals surface area contributed by atoms with Crippen LogP contribution in [-0.4, -0.2) is 30.2 Å². The molecule has 0 unspecified atom stereocenters. The van der Waals surface area contributed by atoms with Crippen LogP contribution in [0.5, 0.6) is 11.6 Å². The number of aromatic carboxylic acids is 1. The number of halogens is 1. The predicted octanol–water partition coefficient (Wildman–Crippen LogP) is 3.49. The van der Waals surface area contributed by atoms with E-state index >= 15 is 0 Å². The smallest absolute Gasteiger partial charge is 0.354 e. The Kier molecular flexibility index (Phi) is 7.16. The van der Waals surface area contributed by atoms with Crippen molar-refractivity contribution in [1.82, 2.24) is 19.1 Å².